The molecule has 4 N–H and O–H groups in total. The van der Waals surface area contributed by atoms with Crippen LogP contribution in [-0.2, 0) is 9.53 Å². The molecule has 0 aromatic rings. The third-order valence-corrected chi connectivity index (χ3v) is 2.82. The molecule has 1 heterocycles. The van der Waals surface area contributed by atoms with E-state index in [4.69, 9.17) is 10.5 Å². The molecule has 2 unspecified atom stereocenters. The zero-order valence-corrected chi connectivity index (χ0v) is 10.9. The first-order valence-electron chi connectivity index (χ1n) is 6.46. The molecule has 1 aliphatic heterocycles. The highest BCUT2D eigenvalue weighted by atomic mass is 16.5. The highest BCUT2D eigenvalue weighted by Crippen LogP contribution is 2.10. The number of hydrogen-bond donors (Lipinski definition) is 3. The molecule has 1 rings (SSSR count). The zero-order valence-electron chi connectivity index (χ0n) is 10.9. The Balaban J connectivity index is 2.20. The molecule has 0 aliphatic carbocycles. The van der Waals surface area contributed by atoms with Crippen LogP contribution in [0.5, 0.6) is 0 Å². The SMILES string of the molecule is CC(C)NC(=O)CC(CN)NCC1CCCO1. The molecular formula is C12H25N3O2. The molecule has 17 heavy (non-hydrogen) atoms. The van der Waals surface area contributed by atoms with Gasteiger partial charge in [-0.2, -0.15) is 0 Å². The predicted molar refractivity (Wildman–Crippen MR) is 67.7 cm³/mol. The van der Waals surface area contributed by atoms with Crippen LogP contribution in [0.1, 0.15) is 33.1 Å². The van der Waals surface area contributed by atoms with Crippen LogP contribution in [0, 0.1) is 0 Å². The minimum atomic E-state index is 0.0398. The van der Waals surface area contributed by atoms with E-state index in [2.05, 4.69) is 10.6 Å². The fourth-order valence-electron chi connectivity index (χ4n) is 1.95. The van der Waals surface area contributed by atoms with Gasteiger partial charge in [-0.3, -0.25) is 4.79 Å². The minimum Gasteiger partial charge on any atom is -0.377 e. The molecule has 0 spiro atoms. The second-order valence-corrected chi connectivity index (χ2v) is 4.90. The molecule has 2 atom stereocenters. The van der Waals surface area contributed by atoms with E-state index in [1.54, 1.807) is 0 Å². The predicted octanol–water partition coefficient (Wildman–Crippen LogP) is -0.00300. The quantitative estimate of drug-likeness (QED) is 0.588. The standard InChI is InChI=1S/C12H25N3O2/c1-9(2)15-12(16)6-10(7-13)14-8-11-4-3-5-17-11/h9-11,14H,3-8,13H2,1-2H3,(H,15,16). The summed E-state index contributed by atoms with van der Waals surface area (Å²) in [6, 6.07) is 0.219. The summed E-state index contributed by atoms with van der Waals surface area (Å²) in [5.41, 5.74) is 5.65. The Hall–Kier alpha value is -0.650. The van der Waals surface area contributed by atoms with E-state index in [1.165, 1.54) is 0 Å². The molecule has 0 aromatic heterocycles. The largest absolute Gasteiger partial charge is 0.377 e. The lowest BCUT2D eigenvalue weighted by Gasteiger charge is -2.19. The molecule has 0 radical (unpaired) electrons. The first-order chi connectivity index (χ1) is 8.11. The van der Waals surface area contributed by atoms with Crippen molar-refractivity contribution < 1.29 is 9.53 Å². The van der Waals surface area contributed by atoms with Gasteiger partial charge < -0.3 is 21.1 Å². The first-order valence-corrected chi connectivity index (χ1v) is 6.46. The lowest BCUT2D eigenvalue weighted by atomic mass is 10.1. The van der Waals surface area contributed by atoms with E-state index in [0.29, 0.717) is 13.0 Å². The maximum Gasteiger partial charge on any atom is 0.221 e. The van der Waals surface area contributed by atoms with Crippen LogP contribution in [-0.4, -0.2) is 43.8 Å². The number of nitrogens with two attached hydrogens (primary N) is 1. The molecule has 0 bridgehead atoms. The van der Waals surface area contributed by atoms with Crippen LogP contribution in [0.15, 0.2) is 0 Å². The normalized spacial score (nSPS) is 21.8. The molecule has 5 heteroatoms. The molecule has 1 fully saturated rings. The topological polar surface area (TPSA) is 76.4 Å². The van der Waals surface area contributed by atoms with E-state index >= 15 is 0 Å². The van der Waals surface area contributed by atoms with Crippen molar-refractivity contribution in [2.75, 3.05) is 19.7 Å². The summed E-state index contributed by atoms with van der Waals surface area (Å²) in [6.45, 7) is 6.02. The Morgan fingerprint density at radius 2 is 2.29 bits per heavy atom. The van der Waals surface area contributed by atoms with Crippen LogP contribution in [0.4, 0.5) is 0 Å². The minimum absolute atomic E-state index is 0.0398. The lowest BCUT2D eigenvalue weighted by Crippen LogP contribution is -2.44. The molecule has 1 amide bonds. The molecule has 1 aliphatic rings. The molecule has 0 aromatic carbocycles. The van der Waals surface area contributed by atoms with Crippen LogP contribution in [0.2, 0.25) is 0 Å². The van der Waals surface area contributed by atoms with Crippen molar-refractivity contribution in [1.82, 2.24) is 10.6 Å². The van der Waals surface area contributed by atoms with Gasteiger partial charge in [0.05, 0.1) is 6.10 Å². The van der Waals surface area contributed by atoms with Crippen molar-refractivity contribution in [2.24, 2.45) is 5.73 Å². The highest BCUT2D eigenvalue weighted by molar-refractivity contribution is 5.76. The Morgan fingerprint density at radius 3 is 2.82 bits per heavy atom. The Kier molecular flexibility index (Phi) is 6.47. The Morgan fingerprint density at radius 1 is 1.53 bits per heavy atom. The van der Waals surface area contributed by atoms with E-state index in [-0.39, 0.29) is 24.1 Å². The number of amides is 1. The van der Waals surface area contributed by atoms with Gasteiger partial charge in [-0.15, -0.1) is 0 Å². The van der Waals surface area contributed by atoms with Gasteiger partial charge in [0.2, 0.25) is 5.91 Å². The maximum atomic E-state index is 11.6. The average molecular weight is 243 g/mol. The molecule has 1 saturated heterocycles. The van der Waals surface area contributed by atoms with Crippen LogP contribution < -0.4 is 16.4 Å². The highest BCUT2D eigenvalue weighted by Gasteiger charge is 2.18. The summed E-state index contributed by atoms with van der Waals surface area (Å²) in [5.74, 6) is 0.0512. The monoisotopic (exact) mass is 243 g/mol. The second kappa shape index (κ2) is 7.63. The number of hydrogen-bond acceptors (Lipinski definition) is 4. The smallest absolute Gasteiger partial charge is 0.221 e. The first kappa shape index (κ1) is 14.4. The van der Waals surface area contributed by atoms with Gasteiger partial charge in [0.25, 0.3) is 0 Å². The lowest BCUT2D eigenvalue weighted by molar-refractivity contribution is -0.122. The Bertz CT molecular complexity index is 228. The van der Waals surface area contributed by atoms with Crippen molar-refractivity contribution in [3.05, 3.63) is 0 Å². The van der Waals surface area contributed by atoms with Crippen molar-refractivity contribution in [1.29, 1.82) is 0 Å². The van der Waals surface area contributed by atoms with Gasteiger partial charge in [0, 0.05) is 38.2 Å². The van der Waals surface area contributed by atoms with Crippen molar-refractivity contribution in [3.8, 4) is 0 Å². The summed E-state index contributed by atoms with van der Waals surface area (Å²) in [5, 5.41) is 6.17. The van der Waals surface area contributed by atoms with Gasteiger partial charge in [0.1, 0.15) is 0 Å². The van der Waals surface area contributed by atoms with Crippen LogP contribution in [0.3, 0.4) is 0 Å². The van der Waals surface area contributed by atoms with Crippen molar-refractivity contribution in [3.63, 3.8) is 0 Å². The zero-order chi connectivity index (χ0) is 12.7. The van der Waals surface area contributed by atoms with E-state index in [9.17, 15) is 4.79 Å². The van der Waals surface area contributed by atoms with Crippen molar-refractivity contribution >= 4 is 5.91 Å². The number of carbonyl (C=O) groups is 1. The number of carbonyl (C=O) groups excluding carboxylic acids is 1. The summed E-state index contributed by atoms with van der Waals surface area (Å²) in [6.07, 6.45) is 2.95. The third kappa shape index (κ3) is 6.00. The van der Waals surface area contributed by atoms with E-state index < -0.39 is 0 Å². The number of nitrogens with one attached hydrogen (secondary N) is 2. The molecule has 100 valence electrons. The molecule has 0 saturated carbocycles. The summed E-state index contributed by atoms with van der Waals surface area (Å²) >= 11 is 0. The van der Waals surface area contributed by atoms with Gasteiger partial charge in [-0.05, 0) is 26.7 Å². The third-order valence-electron chi connectivity index (χ3n) is 2.82. The number of rotatable bonds is 7. The summed E-state index contributed by atoms with van der Waals surface area (Å²) in [7, 11) is 0. The van der Waals surface area contributed by atoms with Gasteiger partial charge in [0.15, 0.2) is 0 Å². The average Bonchev–Trinajstić information content (AvgIpc) is 2.75. The van der Waals surface area contributed by atoms with E-state index in [1.807, 2.05) is 13.8 Å². The molecule has 5 nitrogen and oxygen atoms in total. The maximum absolute atomic E-state index is 11.6. The van der Waals surface area contributed by atoms with E-state index in [0.717, 1.165) is 26.0 Å². The molecular weight excluding hydrogens is 218 g/mol. The fourth-order valence-corrected chi connectivity index (χ4v) is 1.95. The van der Waals surface area contributed by atoms with Crippen LogP contribution in [0.25, 0.3) is 0 Å². The van der Waals surface area contributed by atoms with Gasteiger partial charge in [-0.1, -0.05) is 0 Å². The Labute approximate surface area is 103 Å². The summed E-state index contributed by atoms with van der Waals surface area (Å²) < 4.78 is 5.51. The van der Waals surface area contributed by atoms with Crippen molar-refractivity contribution in [2.45, 2.75) is 51.3 Å². The van der Waals surface area contributed by atoms with Gasteiger partial charge >= 0.3 is 0 Å². The number of ether oxygens (including phenoxy) is 1. The van der Waals surface area contributed by atoms with Crippen LogP contribution >= 0.6 is 0 Å². The second-order valence-electron chi connectivity index (χ2n) is 4.90. The fraction of sp³-hybridized carbons (Fsp3) is 0.917. The van der Waals surface area contributed by atoms with Gasteiger partial charge in [-0.25, -0.2) is 0 Å². The summed E-state index contributed by atoms with van der Waals surface area (Å²) in [4.78, 5) is 11.6.